The van der Waals surface area contributed by atoms with Crippen molar-refractivity contribution in [2.45, 2.75) is 125 Å². The molecule has 1 aromatic carbocycles. The van der Waals surface area contributed by atoms with E-state index < -0.39 is 6.04 Å². The number of unbranched alkanes of at least 4 members (excludes halogenated alkanes) is 2. The Bertz CT molecular complexity index is 1540. The summed E-state index contributed by atoms with van der Waals surface area (Å²) in [6, 6.07) is 10.9. The lowest BCUT2D eigenvalue weighted by atomic mass is 9.90. The number of carbonyl (C=O) groups excluding carboxylic acids is 4. The van der Waals surface area contributed by atoms with Crippen molar-refractivity contribution in [2.24, 2.45) is 5.73 Å². The maximum Gasteiger partial charge on any atom is 0.245 e. The Morgan fingerprint density at radius 3 is 2.47 bits per heavy atom. The highest BCUT2D eigenvalue weighted by molar-refractivity contribution is 6.01. The Balaban J connectivity index is 0.855. The molecule has 1 saturated carbocycles. The number of aromatic nitrogens is 1. The Kier molecular flexibility index (Phi) is 9.89. The summed E-state index contributed by atoms with van der Waals surface area (Å²) < 4.78 is 11.9. The molecule has 11 nitrogen and oxygen atoms in total. The molecule has 1 aromatic heterocycles. The molecule has 4 saturated heterocycles. The number of imide groups is 1. The lowest BCUT2D eigenvalue weighted by molar-refractivity contribution is -0.147. The highest BCUT2D eigenvalue weighted by Gasteiger charge is 2.58. The lowest BCUT2D eigenvalue weighted by Gasteiger charge is -2.36. The Morgan fingerprint density at radius 2 is 1.69 bits per heavy atom. The summed E-state index contributed by atoms with van der Waals surface area (Å²) >= 11 is 0. The van der Waals surface area contributed by atoms with Gasteiger partial charge in [-0.05, 0) is 100.0 Å². The Labute approximate surface area is 288 Å². The van der Waals surface area contributed by atoms with Crippen LogP contribution in [0, 0.1) is 0 Å². The minimum absolute atomic E-state index is 0.0390. The highest BCUT2D eigenvalue weighted by atomic mass is 16.5. The minimum Gasteiger partial charge on any atom is -0.494 e. The Hall–Kier alpha value is -3.99. The van der Waals surface area contributed by atoms with E-state index in [1.54, 1.807) is 6.20 Å². The van der Waals surface area contributed by atoms with E-state index in [4.69, 9.17) is 15.2 Å². The summed E-state index contributed by atoms with van der Waals surface area (Å²) in [6.45, 7) is 1.81. The molecule has 5 aliphatic rings. The number of fused-ring (bicyclic) bond motifs is 1. The van der Waals surface area contributed by atoms with Crippen LogP contribution in [0.4, 0.5) is 0 Å². The van der Waals surface area contributed by atoms with E-state index in [1.807, 2.05) is 41.3 Å². The fraction of sp³-hybridized carbons (Fsp3) is 0.605. The number of nitrogens with two attached hydrogens (primary N) is 1. The van der Waals surface area contributed by atoms with Gasteiger partial charge >= 0.3 is 0 Å². The van der Waals surface area contributed by atoms with E-state index in [0.717, 1.165) is 87.5 Å². The van der Waals surface area contributed by atoms with Gasteiger partial charge in [-0.15, -0.1) is 0 Å². The maximum atomic E-state index is 14.1. The quantitative estimate of drug-likeness (QED) is 0.265. The molecule has 4 aliphatic heterocycles. The van der Waals surface area contributed by atoms with Crippen molar-refractivity contribution in [3.8, 4) is 11.6 Å². The zero-order valence-corrected chi connectivity index (χ0v) is 28.3. The number of hydrogen-bond donors (Lipinski definition) is 2. The molecular formula is C38H49N5O6. The monoisotopic (exact) mass is 671 g/mol. The Morgan fingerprint density at radius 1 is 0.918 bits per heavy atom. The fourth-order valence-electron chi connectivity index (χ4n) is 8.51. The molecule has 11 heteroatoms. The van der Waals surface area contributed by atoms with Gasteiger partial charge < -0.3 is 25.0 Å². The zero-order valence-electron chi connectivity index (χ0n) is 28.3. The smallest absolute Gasteiger partial charge is 0.245 e. The van der Waals surface area contributed by atoms with Crippen molar-refractivity contribution in [2.75, 3.05) is 19.8 Å². The van der Waals surface area contributed by atoms with E-state index in [2.05, 4.69) is 15.2 Å². The maximum absolute atomic E-state index is 14.1. The molecule has 5 heterocycles. The third kappa shape index (κ3) is 7.32. The van der Waals surface area contributed by atoms with Crippen LogP contribution in [-0.2, 0) is 19.2 Å². The minimum atomic E-state index is -0.501. The molecule has 3 N–H and O–H groups in total. The van der Waals surface area contributed by atoms with E-state index in [0.29, 0.717) is 44.9 Å². The first-order valence-corrected chi connectivity index (χ1v) is 18.4. The number of pyridine rings is 1. The van der Waals surface area contributed by atoms with Gasteiger partial charge in [-0.25, -0.2) is 4.98 Å². The van der Waals surface area contributed by atoms with Gasteiger partial charge in [-0.2, -0.15) is 0 Å². The number of ether oxygens (including phenoxy) is 2. The van der Waals surface area contributed by atoms with Crippen LogP contribution in [0.2, 0.25) is 0 Å². The molecule has 0 bridgehead atoms. The number of likely N-dealkylation sites (tertiary alicyclic amines) is 1. The van der Waals surface area contributed by atoms with Gasteiger partial charge in [0.05, 0.1) is 25.2 Å². The van der Waals surface area contributed by atoms with Crippen LogP contribution in [0.25, 0.3) is 0 Å². The normalized spacial score (nSPS) is 27.8. The number of benzene rings is 1. The molecule has 1 unspecified atom stereocenters. The number of amides is 4. The molecule has 262 valence electrons. The van der Waals surface area contributed by atoms with Crippen molar-refractivity contribution in [3.05, 3.63) is 53.7 Å². The summed E-state index contributed by atoms with van der Waals surface area (Å²) in [7, 11) is 0. The van der Waals surface area contributed by atoms with Crippen LogP contribution < -0.4 is 20.5 Å². The third-order valence-electron chi connectivity index (χ3n) is 11.4. The second-order valence-electron chi connectivity index (χ2n) is 14.7. The first kappa shape index (κ1) is 33.5. The number of nitrogens with zero attached hydrogens (tertiary/aromatic N) is 3. The number of piperidine rings is 1. The van der Waals surface area contributed by atoms with Crippen molar-refractivity contribution in [1.29, 1.82) is 0 Å². The lowest BCUT2D eigenvalue weighted by Crippen LogP contribution is -2.56. The SMILES string of the molecule is N[C@H]1CCCC[C@H]2CC[C@@H](C(=O)N3C[C@@H](c4ccnc(OCCCCCOc5ccc(C6CCC(=O)NC6=O)cc5)c4)CC34CC4)N2C1=O. The van der Waals surface area contributed by atoms with Crippen LogP contribution in [0.15, 0.2) is 42.6 Å². The number of rotatable bonds is 11. The summed E-state index contributed by atoms with van der Waals surface area (Å²) in [5.41, 5.74) is 8.22. The van der Waals surface area contributed by atoms with Gasteiger partial charge in [0.2, 0.25) is 29.5 Å². The summed E-state index contributed by atoms with van der Waals surface area (Å²) in [5.74, 6) is 0.930. The second kappa shape index (κ2) is 14.5. The van der Waals surface area contributed by atoms with Gasteiger partial charge in [0, 0.05) is 42.7 Å². The molecule has 49 heavy (non-hydrogen) atoms. The first-order valence-electron chi connectivity index (χ1n) is 18.4. The van der Waals surface area contributed by atoms with Gasteiger partial charge in [-0.3, -0.25) is 24.5 Å². The molecule has 5 fully saturated rings. The van der Waals surface area contributed by atoms with Crippen LogP contribution in [0.1, 0.15) is 113 Å². The molecule has 2 aromatic rings. The van der Waals surface area contributed by atoms with Crippen LogP contribution in [0.3, 0.4) is 0 Å². The largest absolute Gasteiger partial charge is 0.494 e. The molecule has 1 spiro atoms. The van der Waals surface area contributed by atoms with Crippen molar-refractivity contribution < 1.29 is 28.7 Å². The number of carbonyl (C=O) groups is 4. The standard InChI is InChI=1S/C38H49N5O6/c39-31-7-3-2-6-28-10-14-32(43(28)36(31)46)37(47)42-24-27(23-38(42)17-18-38)26-16-19-40-34(22-26)49-21-5-1-4-20-48-29-11-8-25(9-12-29)30-13-15-33(44)41-35(30)45/h8-9,11-12,16,19,22,27-28,30-32H,1-7,10,13-15,17-18,20-21,23-24,39H2,(H,41,44,45)/t27-,28-,30?,31-,32-/m0/s1. The van der Waals surface area contributed by atoms with Gasteiger partial charge in [-0.1, -0.05) is 25.0 Å². The van der Waals surface area contributed by atoms with Crippen molar-refractivity contribution in [3.63, 3.8) is 0 Å². The van der Waals surface area contributed by atoms with E-state index in [9.17, 15) is 19.2 Å². The second-order valence-corrected chi connectivity index (χ2v) is 14.7. The summed E-state index contributed by atoms with van der Waals surface area (Å²) in [6.07, 6.45) is 13.7. The highest BCUT2D eigenvalue weighted by Crippen LogP contribution is 2.54. The predicted octanol–water partition coefficient (Wildman–Crippen LogP) is 4.34. The predicted molar refractivity (Wildman–Crippen MR) is 182 cm³/mol. The van der Waals surface area contributed by atoms with Crippen molar-refractivity contribution in [1.82, 2.24) is 20.1 Å². The molecule has 1 aliphatic carbocycles. The molecule has 5 atom stereocenters. The fourth-order valence-corrected chi connectivity index (χ4v) is 8.51. The topological polar surface area (TPSA) is 144 Å². The molecule has 7 rings (SSSR count). The number of nitrogens with one attached hydrogen (secondary N) is 1. The van der Waals surface area contributed by atoms with Crippen LogP contribution in [0.5, 0.6) is 11.6 Å². The first-order chi connectivity index (χ1) is 23.8. The average molecular weight is 672 g/mol. The molecule has 4 amide bonds. The van der Waals surface area contributed by atoms with E-state index >= 15 is 0 Å². The molecule has 0 radical (unpaired) electrons. The third-order valence-corrected chi connectivity index (χ3v) is 11.4. The summed E-state index contributed by atoms with van der Waals surface area (Å²) in [5, 5.41) is 2.41. The van der Waals surface area contributed by atoms with Crippen molar-refractivity contribution >= 4 is 23.6 Å². The average Bonchev–Trinajstić information content (AvgIpc) is 3.59. The van der Waals surface area contributed by atoms with Gasteiger partial charge in [0.25, 0.3) is 0 Å². The molecular weight excluding hydrogens is 622 g/mol. The van der Waals surface area contributed by atoms with E-state index in [-0.39, 0.29) is 53.1 Å². The van der Waals surface area contributed by atoms with Crippen LogP contribution >= 0.6 is 0 Å². The zero-order chi connectivity index (χ0) is 34.0. The van der Waals surface area contributed by atoms with Crippen LogP contribution in [-0.4, -0.2) is 81.8 Å². The van der Waals surface area contributed by atoms with E-state index in [1.165, 1.54) is 0 Å². The van der Waals surface area contributed by atoms with Gasteiger partial charge in [0.1, 0.15) is 11.8 Å². The number of hydrogen-bond acceptors (Lipinski definition) is 8. The summed E-state index contributed by atoms with van der Waals surface area (Å²) in [4.78, 5) is 59.4. The van der Waals surface area contributed by atoms with Gasteiger partial charge in [0.15, 0.2) is 0 Å².